The summed E-state index contributed by atoms with van der Waals surface area (Å²) in [5.41, 5.74) is 0.571. The monoisotopic (exact) mass is 295 g/mol. The van der Waals surface area contributed by atoms with Gasteiger partial charge in [0.2, 0.25) is 5.43 Å². The second-order valence-corrected chi connectivity index (χ2v) is 4.66. The number of hydrogen-bond donors (Lipinski definition) is 1. The van der Waals surface area contributed by atoms with E-state index in [1.807, 2.05) is 6.07 Å². The number of hydrogen-bond acceptors (Lipinski definition) is 4. The molecule has 1 aromatic heterocycles. The number of ether oxygens (including phenoxy) is 1. The Morgan fingerprint density at radius 1 is 1.14 bits per heavy atom. The zero-order valence-corrected chi connectivity index (χ0v) is 11.8. The number of benzene rings is 2. The zero-order valence-electron chi connectivity index (χ0n) is 11.8. The van der Waals surface area contributed by atoms with Crippen molar-refractivity contribution in [3.8, 4) is 5.75 Å². The van der Waals surface area contributed by atoms with Gasteiger partial charge in [-0.1, -0.05) is 18.2 Å². The van der Waals surface area contributed by atoms with E-state index in [9.17, 15) is 9.59 Å². The van der Waals surface area contributed by atoms with Crippen LogP contribution in [0, 0.1) is 0 Å². The van der Waals surface area contributed by atoms with E-state index in [-0.39, 0.29) is 11.0 Å². The Balaban J connectivity index is 1.99. The molecular weight excluding hydrogens is 282 g/mol. The van der Waals surface area contributed by atoms with Crippen molar-refractivity contribution in [3.63, 3.8) is 0 Å². The van der Waals surface area contributed by atoms with Crippen LogP contribution in [0.25, 0.3) is 11.0 Å². The molecule has 1 heterocycles. The number of anilines is 1. The molecule has 0 bridgehead atoms. The van der Waals surface area contributed by atoms with Crippen LogP contribution in [-0.4, -0.2) is 13.0 Å². The first kappa shape index (κ1) is 13.9. The summed E-state index contributed by atoms with van der Waals surface area (Å²) in [5.74, 6) is 0.0785. The van der Waals surface area contributed by atoms with Crippen molar-refractivity contribution in [1.29, 1.82) is 0 Å². The van der Waals surface area contributed by atoms with Crippen molar-refractivity contribution < 1.29 is 13.9 Å². The smallest absolute Gasteiger partial charge is 0.262 e. The number of fused-ring (bicyclic) bond motifs is 1. The molecule has 1 N–H and O–H groups in total. The van der Waals surface area contributed by atoms with E-state index in [4.69, 9.17) is 9.15 Å². The Kier molecular flexibility index (Phi) is 3.62. The van der Waals surface area contributed by atoms with Crippen LogP contribution in [0.3, 0.4) is 0 Å². The maximum absolute atomic E-state index is 12.4. The molecule has 0 radical (unpaired) electrons. The van der Waals surface area contributed by atoms with Crippen LogP contribution in [-0.2, 0) is 0 Å². The number of para-hydroxylation sites is 1. The molecule has 22 heavy (non-hydrogen) atoms. The van der Waals surface area contributed by atoms with Crippen LogP contribution in [0.15, 0.2) is 64.0 Å². The summed E-state index contributed by atoms with van der Waals surface area (Å²) in [4.78, 5) is 24.6. The van der Waals surface area contributed by atoms with Crippen molar-refractivity contribution in [2.75, 3.05) is 12.4 Å². The van der Waals surface area contributed by atoms with Crippen LogP contribution in [0.5, 0.6) is 5.75 Å². The Morgan fingerprint density at radius 2 is 1.91 bits per heavy atom. The van der Waals surface area contributed by atoms with Gasteiger partial charge < -0.3 is 14.5 Å². The first-order valence-corrected chi connectivity index (χ1v) is 6.65. The molecule has 0 atom stereocenters. The number of rotatable bonds is 3. The number of amides is 1. The predicted octanol–water partition coefficient (Wildman–Crippen LogP) is 3.05. The molecule has 0 saturated heterocycles. The molecule has 5 heteroatoms. The maximum atomic E-state index is 12.4. The van der Waals surface area contributed by atoms with Gasteiger partial charge in [0.25, 0.3) is 5.91 Å². The highest BCUT2D eigenvalue weighted by atomic mass is 16.5. The van der Waals surface area contributed by atoms with Crippen LogP contribution >= 0.6 is 0 Å². The van der Waals surface area contributed by atoms with Gasteiger partial charge in [-0.25, -0.2) is 0 Å². The fraction of sp³-hybridized carbons (Fsp3) is 0.0588. The lowest BCUT2D eigenvalue weighted by atomic mass is 10.1. The summed E-state index contributed by atoms with van der Waals surface area (Å²) >= 11 is 0. The van der Waals surface area contributed by atoms with Crippen molar-refractivity contribution in [1.82, 2.24) is 0 Å². The average molecular weight is 295 g/mol. The van der Waals surface area contributed by atoms with E-state index in [0.717, 1.165) is 0 Å². The molecule has 0 spiro atoms. The summed E-state index contributed by atoms with van der Waals surface area (Å²) in [6.45, 7) is 0. The van der Waals surface area contributed by atoms with Crippen LogP contribution in [0.2, 0.25) is 0 Å². The summed E-state index contributed by atoms with van der Waals surface area (Å²) in [7, 11) is 1.53. The highest BCUT2D eigenvalue weighted by Gasteiger charge is 2.15. The van der Waals surface area contributed by atoms with Gasteiger partial charge >= 0.3 is 0 Å². The van der Waals surface area contributed by atoms with Gasteiger partial charge in [-0.2, -0.15) is 0 Å². The van der Waals surface area contributed by atoms with Crippen molar-refractivity contribution in [3.05, 3.63) is 70.6 Å². The lowest BCUT2D eigenvalue weighted by Gasteiger charge is -2.06. The largest absolute Gasteiger partial charge is 0.497 e. The summed E-state index contributed by atoms with van der Waals surface area (Å²) in [5, 5.41) is 3.00. The van der Waals surface area contributed by atoms with Crippen LogP contribution < -0.4 is 15.5 Å². The number of carbonyl (C=O) groups excluding carboxylic acids is 1. The fourth-order valence-corrected chi connectivity index (χ4v) is 2.11. The molecule has 0 aliphatic heterocycles. The number of nitrogens with one attached hydrogen (secondary N) is 1. The summed E-state index contributed by atoms with van der Waals surface area (Å²) in [6, 6.07) is 13.8. The topological polar surface area (TPSA) is 68.5 Å². The third-order valence-electron chi connectivity index (χ3n) is 3.26. The molecule has 2 aromatic carbocycles. The van der Waals surface area contributed by atoms with Crippen molar-refractivity contribution in [2.24, 2.45) is 0 Å². The third kappa shape index (κ3) is 2.56. The van der Waals surface area contributed by atoms with Crippen molar-refractivity contribution in [2.45, 2.75) is 0 Å². The lowest BCUT2D eigenvalue weighted by molar-refractivity contribution is 0.102. The first-order chi connectivity index (χ1) is 10.7. The molecule has 0 saturated carbocycles. The average Bonchev–Trinajstić information content (AvgIpc) is 2.55. The minimum absolute atomic E-state index is 0.0403. The van der Waals surface area contributed by atoms with Gasteiger partial charge in [0.15, 0.2) is 0 Å². The van der Waals surface area contributed by atoms with Crippen molar-refractivity contribution >= 4 is 22.6 Å². The fourth-order valence-electron chi connectivity index (χ4n) is 2.11. The van der Waals surface area contributed by atoms with E-state index in [0.29, 0.717) is 22.4 Å². The quantitative estimate of drug-likeness (QED) is 0.806. The highest BCUT2D eigenvalue weighted by Crippen LogP contribution is 2.19. The summed E-state index contributed by atoms with van der Waals surface area (Å²) in [6.07, 6.45) is 1.17. The third-order valence-corrected chi connectivity index (χ3v) is 3.26. The van der Waals surface area contributed by atoms with Gasteiger partial charge in [-0.15, -0.1) is 0 Å². The van der Waals surface area contributed by atoms with E-state index in [1.165, 1.54) is 13.4 Å². The Bertz CT molecular complexity index is 884. The van der Waals surface area contributed by atoms with Gasteiger partial charge in [-0.3, -0.25) is 9.59 Å². The van der Waals surface area contributed by atoms with E-state index in [1.54, 1.807) is 42.5 Å². The Morgan fingerprint density at radius 3 is 2.64 bits per heavy atom. The number of methoxy groups -OCH3 is 1. The van der Waals surface area contributed by atoms with Gasteiger partial charge in [-0.05, 0) is 24.3 Å². The van der Waals surface area contributed by atoms with Gasteiger partial charge in [0.1, 0.15) is 23.2 Å². The minimum atomic E-state index is -0.502. The van der Waals surface area contributed by atoms with E-state index in [2.05, 4.69) is 5.32 Å². The minimum Gasteiger partial charge on any atom is -0.497 e. The van der Waals surface area contributed by atoms with E-state index < -0.39 is 5.91 Å². The van der Waals surface area contributed by atoms with E-state index >= 15 is 0 Å². The normalized spacial score (nSPS) is 10.4. The highest BCUT2D eigenvalue weighted by molar-refractivity contribution is 6.05. The second kappa shape index (κ2) is 5.73. The number of carbonyl (C=O) groups is 1. The lowest BCUT2D eigenvalue weighted by Crippen LogP contribution is -2.21. The van der Waals surface area contributed by atoms with Gasteiger partial charge in [0.05, 0.1) is 12.5 Å². The molecule has 1 amide bonds. The Labute approximate surface area is 126 Å². The molecule has 0 unspecified atom stereocenters. The summed E-state index contributed by atoms with van der Waals surface area (Å²) < 4.78 is 10.5. The van der Waals surface area contributed by atoms with Crippen LogP contribution in [0.1, 0.15) is 10.4 Å². The molecule has 3 aromatic rings. The second-order valence-electron chi connectivity index (χ2n) is 4.66. The molecule has 110 valence electrons. The molecule has 0 fully saturated rings. The zero-order chi connectivity index (χ0) is 15.5. The van der Waals surface area contributed by atoms with Crippen LogP contribution in [0.4, 0.5) is 5.69 Å². The predicted molar refractivity (Wildman–Crippen MR) is 83.4 cm³/mol. The molecule has 5 nitrogen and oxygen atoms in total. The SMILES string of the molecule is COc1ccc2c(=O)c(C(=O)Nc3ccccc3)coc2c1. The Hall–Kier alpha value is -3.08. The molecule has 0 aliphatic carbocycles. The maximum Gasteiger partial charge on any atom is 0.262 e. The molecular formula is C17H13NO4. The molecule has 3 rings (SSSR count). The standard InChI is InChI=1S/C17H13NO4/c1-21-12-7-8-13-15(9-12)22-10-14(16(13)19)17(20)18-11-5-3-2-4-6-11/h2-10H,1H3,(H,18,20). The van der Waals surface area contributed by atoms with Gasteiger partial charge in [0, 0.05) is 11.8 Å². The first-order valence-electron chi connectivity index (χ1n) is 6.65. The molecule has 0 aliphatic rings.